The van der Waals surface area contributed by atoms with Crippen LogP contribution in [0.25, 0.3) is 0 Å². The van der Waals surface area contributed by atoms with Gasteiger partial charge < -0.3 is 14.8 Å². The van der Waals surface area contributed by atoms with Crippen molar-refractivity contribution in [3.8, 4) is 11.5 Å². The fraction of sp³-hybridized carbons (Fsp3) is 0.421. The summed E-state index contributed by atoms with van der Waals surface area (Å²) in [6.07, 6.45) is 2.52. The standard InChI is InChI=1S/C19H20F2N4O3/c1-19(2)7-11-15(12(26)8-19)16(25-18(24-11)22-9-23-25)10-4-5-13(28-17(20)21)14(6-10)27-3/h4-6,9,16-17H,7-8H2,1-3H3,(H,22,23,24). The van der Waals surface area contributed by atoms with Gasteiger partial charge in [0.15, 0.2) is 17.3 Å². The lowest BCUT2D eigenvalue weighted by Crippen LogP contribution is -2.36. The third-order valence-electron chi connectivity index (χ3n) is 4.99. The minimum absolute atomic E-state index is 0.0248. The van der Waals surface area contributed by atoms with Gasteiger partial charge in [-0.1, -0.05) is 19.9 Å². The second kappa shape index (κ2) is 6.57. The number of hydrogen-bond donors (Lipinski definition) is 1. The van der Waals surface area contributed by atoms with Crippen molar-refractivity contribution in [2.75, 3.05) is 12.4 Å². The van der Waals surface area contributed by atoms with Crippen LogP contribution in [0, 0.1) is 5.41 Å². The van der Waals surface area contributed by atoms with Crippen molar-refractivity contribution < 1.29 is 23.0 Å². The van der Waals surface area contributed by atoms with Crippen LogP contribution in [-0.2, 0) is 4.79 Å². The highest BCUT2D eigenvalue weighted by Gasteiger charge is 2.41. The van der Waals surface area contributed by atoms with Gasteiger partial charge >= 0.3 is 6.61 Å². The van der Waals surface area contributed by atoms with E-state index in [2.05, 4.69) is 20.1 Å². The number of alkyl halides is 2. The zero-order valence-electron chi connectivity index (χ0n) is 15.7. The van der Waals surface area contributed by atoms with E-state index in [1.807, 2.05) is 13.8 Å². The molecule has 0 spiro atoms. The second-order valence-corrected chi connectivity index (χ2v) is 7.68. The van der Waals surface area contributed by atoms with Crippen molar-refractivity contribution >= 4 is 11.7 Å². The lowest BCUT2D eigenvalue weighted by atomic mass is 9.73. The lowest BCUT2D eigenvalue weighted by Gasteiger charge is -2.38. The number of halogens is 2. The average molecular weight is 390 g/mol. The number of benzene rings is 1. The van der Waals surface area contributed by atoms with Gasteiger partial charge in [0, 0.05) is 17.7 Å². The Balaban J connectivity index is 1.84. The topological polar surface area (TPSA) is 78.3 Å². The second-order valence-electron chi connectivity index (χ2n) is 7.68. The van der Waals surface area contributed by atoms with E-state index in [0.717, 1.165) is 5.70 Å². The number of ether oxygens (including phenoxy) is 2. The first kappa shape index (κ1) is 18.4. The van der Waals surface area contributed by atoms with E-state index >= 15 is 0 Å². The van der Waals surface area contributed by atoms with Crippen LogP contribution in [0.5, 0.6) is 11.5 Å². The Morgan fingerprint density at radius 3 is 2.79 bits per heavy atom. The zero-order chi connectivity index (χ0) is 20.1. The van der Waals surface area contributed by atoms with Gasteiger partial charge in [-0.15, -0.1) is 0 Å². The largest absolute Gasteiger partial charge is 0.493 e. The maximum Gasteiger partial charge on any atom is 0.387 e. The Morgan fingerprint density at radius 1 is 1.29 bits per heavy atom. The molecular formula is C19H20F2N4O3. The molecule has 1 aliphatic carbocycles. The van der Waals surface area contributed by atoms with E-state index < -0.39 is 12.7 Å². The summed E-state index contributed by atoms with van der Waals surface area (Å²) in [6.45, 7) is 1.13. The van der Waals surface area contributed by atoms with Crippen LogP contribution in [0.4, 0.5) is 14.7 Å². The number of hydrogen-bond acceptors (Lipinski definition) is 6. The maximum absolute atomic E-state index is 13.0. The molecule has 0 amide bonds. The van der Waals surface area contributed by atoms with Crippen molar-refractivity contribution in [2.24, 2.45) is 5.41 Å². The van der Waals surface area contributed by atoms with E-state index in [0.29, 0.717) is 29.9 Å². The highest BCUT2D eigenvalue weighted by Crippen LogP contribution is 2.46. The predicted octanol–water partition coefficient (Wildman–Crippen LogP) is 3.55. The van der Waals surface area contributed by atoms with Gasteiger partial charge in [0.1, 0.15) is 12.4 Å². The van der Waals surface area contributed by atoms with Crippen LogP contribution in [-0.4, -0.2) is 34.3 Å². The van der Waals surface area contributed by atoms with Crippen LogP contribution < -0.4 is 14.8 Å². The number of nitrogens with zero attached hydrogens (tertiary/aromatic N) is 3. The van der Waals surface area contributed by atoms with Gasteiger partial charge in [-0.2, -0.15) is 18.9 Å². The fourth-order valence-corrected chi connectivity index (χ4v) is 3.90. The van der Waals surface area contributed by atoms with E-state index in [1.54, 1.807) is 16.8 Å². The van der Waals surface area contributed by atoms with Gasteiger partial charge in [-0.25, -0.2) is 4.68 Å². The zero-order valence-corrected chi connectivity index (χ0v) is 15.7. The molecule has 9 heteroatoms. The van der Waals surface area contributed by atoms with E-state index in [-0.39, 0.29) is 22.7 Å². The Morgan fingerprint density at radius 2 is 2.07 bits per heavy atom. The van der Waals surface area contributed by atoms with Gasteiger partial charge in [0.2, 0.25) is 5.95 Å². The van der Waals surface area contributed by atoms with Crippen LogP contribution in [0.2, 0.25) is 0 Å². The first-order chi connectivity index (χ1) is 13.3. The summed E-state index contributed by atoms with van der Waals surface area (Å²) in [5.41, 5.74) is 1.94. The van der Waals surface area contributed by atoms with Crippen LogP contribution in [0.1, 0.15) is 38.3 Å². The number of Topliss-reactive ketones (excluding diaryl/α,β-unsaturated/α-hetero) is 1. The number of allylic oxidation sites excluding steroid dienone is 2. The quantitative estimate of drug-likeness (QED) is 0.860. The van der Waals surface area contributed by atoms with Gasteiger partial charge in [0.05, 0.1) is 7.11 Å². The number of methoxy groups -OCH3 is 1. The molecule has 148 valence electrons. The molecular weight excluding hydrogens is 370 g/mol. The third kappa shape index (κ3) is 3.10. The molecule has 28 heavy (non-hydrogen) atoms. The van der Waals surface area contributed by atoms with Crippen molar-refractivity contribution in [3.05, 3.63) is 41.4 Å². The number of fused-ring (bicyclic) bond motifs is 1. The first-order valence-corrected chi connectivity index (χ1v) is 8.84. The van der Waals surface area contributed by atoms with E-state index in [9.17, 15) is 13.6 Å². The SMILES string of the molecule is COc1cc(C2C3=C(CC(C)(C)CC3=O)Nc3ncnn32)ccc1OC(F)F. The maximum atomic E-state index is 13.0. The Hall–Kier alpha value is -2.97. The number of carbonyl (C=O) groups is 1. The smallest absolute Gasteiger partial charge is 0.387 e. The molecule has 1 aromatic heterocycles. The Labute approximate surface area is 160 Å². The molecule has 1 aromatic carbocycles. The third-order valence-corrected chi connectivity index (χ3v) is 4.99. The molecule has 0 fully saturated rings. The highest BCUT2D eigenvalue weighted by atomic mass is 19.3. The van der Waals surface area contributed by atoms with Crippen LogP contribution >= 0.6 is 0 Å². The molecule has 1 aliphatic heterocycles. The summed E-state index contributed by atoms with van der Waals surface area (Å²) in [5.74, 6) is 0.640. The number of ketones is 1. The normalized spacial score (nSPS) is 20.5. The summed E-state index contributed by atoms with van der Waals surface area (Å²) in [7, 11) is 1.37. The Bertz CT molecular complexity index is 968. The molecule has 1 unspecified atom stereocenters. The lowest BCUT2D eigenvalue weighted by molar-refractivity contribution is -0.118. The predicted molar refractivity (Wildman–Crippen MR) is 96.5 cm³/mol. The number of carbonyl (C=O) groups excluding carboxylic acids is 1. The van der Waals surface area contributed by atoms with Crippen molar-refractivity contribution in [1.29, 1.82) is 0 Å². The van der Waals surface area contributed by atoms with Crippen molar-refractivity contribution in [2.45, 2.75) is 39.3 Å². The number of anilines is 1. The summed E-state index contributed by atoms with van der Waals surface area (Å²) >= 11 is 0. The van der Waals surface area contributed by atoms with Crippen molar-refractivity contribution in [1.82, 2.24) is 14.8 Å². The minimum Gasteiger partial charge on any atom is -0.493 e. The van der Waals surface area contributed by atoms with E-state index in [4.69, 9.17) is 4.74 Å². The molecule has 7 nitrogen and oxygen atoms in total. The summed E-state index contributed by atoms with van der Waals surface area (Å²) in [6, 6.07) is 4.12. The first-order valence-electron chi connectivity index (χ1n) is 8.84. The highest BCUT2D eigenvalue weighted by molar-refractivity contribution is 6.00. The van der Waals surface area contributed by atoms with Gasteiger partial charge in [-0.05, 0) is 29.5 Å². The molecule has 2 aliphatic rings. The van der Waals surface area contributed by atoms with Crippen LogP contribution in [0.15, 0.2) is 35.8 Å². The molecule has 0 saturated heterocycles. The van der Waals surface area contributed by atoms with Crippen molar-refractivity contribution in [3.63, 3.8) is 0 Å². The molecule has 0 radical (unpaired) electrons. The summed E-state index contributed by atoms with van der Waals surface area (Å²) in [4.78, 5) is 17.2. The molecule has 1 atom stereocenters. The minimum atomic E-state index is -2.96. The number of aromatic nitrogens is 3. The number of rotatable bonds is 4. The van der Waals surface area contributed by atoms with E-state index in [1.165, 1.54) is 19.5 Å². The molecule has 0 saturated carbocycles. The monoisotopic (exact) mass is 390 g/mol. The molecule has 2 heterocycles. The fourth-order valence-electron chi connectivity index (χ4n) is 3.90. The van der Waals surface area contributed by atoms with Crippen LogP contribution in [0.3, 0.4) is 0 Å². The summed E-state index contributed by atoms with van der Waals surface area (Å²) < 4.78 is 36.6. The molecule has 0 bridgehead atoms. The summed E-state index contributed by atoms with van der Waals surface area (Å²) in [5, 5.41) is 7.49. The molecule has 4 rings (SSSR count). The van der Waals surface area contributed by atoms with Gasteiger partial charge in [0.25, 0.3) is 0 Å². The number of nitrogens with one attached hydrogen (secondary N) is 1. The molecule has 1 N–H and O–H groups in total. The van der Waals surface area contributed by atoms with Gasteiger partial charge in [-0.3, -0.25) is 4.79 Å². The average Bonchev–Trinajstić information content (AvgIpc) is 3.07. The Kier molecular flexibility index (Phi) is 4.32. The molecule has 2 aromatic rings.